The molecule has 0 radical (unpaired) electrons. The van der Waals surface area contributed by atoms with Gasteiger partial charge in [-0.3, -0.25) is 9.79 Å². The Morgan fingerprint density at radius 3 is 2.88 bits per heavy atom. The van der Waals surface area contributed by atoms with Gasteiger partial charge in [0.25, 0.3) is 5.91 Å². The summed E-state index contributed by atoms with van der Waals surface area (Å²) in [4.78, 5) is 20.9. The van der Waals surface area contributed by atoms with Crippen molar-refractivity contribution in [3.05, 3.63) is 57.8 Å². The maximum Gasteiger partial charge on any atom is 0.274 e. The Morgan fingerprint density at radius 2 is 2.23 bits per heavy atom. The Balaban J connectivity index is 1.87. The number of pyridine rings is 1. The van der Waals surface area contributed by atoms with Crippen LogP contribution in [-0.4, -0.2) is 29.9 Å². The van der Waals surface area contributed by atoms with Crippen LogP contribution in [0.5, 0.6) is 0 Å². The minimum absolute atomic E-state index is 0.222. The second-order valence-electron chi connectivity index (χ2n) is 6.10. The van der Waals surface area contributed by atoms with E-state index in [9.17, 15) is 4.79 Å². The van der Waals surface area contributed by atoms with Crippen molar-refractivity contribution in [2.45, 2.75) is 12.5 Å². The quantitative estimate of drug-likeness (QED) is 0.802. The number of carbonyl (C=O) groups excluding carboxylic acids is 1. The lowest BCUT2D eigenvalue weighted by Gasteiger charge is -2.30. The van der Waals surface area contributed by atoms with Gasteiger partial charge in [0.15, 0.2) is 0 Å². The van der Waals surface area contributed by atoms with Crippen molar-refractivity contribution in [3.8, 4) is 6.07 Å². The predicted molar refractivity (Wildman–Crippen MR) is 101 cm³/mol. The second kappa shape index (κ2) is 7.23. The van der Waals surface area contributed by atoms with Crippen LogP contribution in [0.25, 0.3) is 0 Å². The summed E-state index contributed by atoms with van der Waals surface area (Å²) in [7, 11) is 0. The highest BCUT2D eigenvalue weighted by molar-refractivity contribution is 9.10. The summed E-state index contributed by atoms with van der Waals surface area (Å²) in [5.74, 6) is 0.0673. The van der Waals surface area contributed by atoms with Gasteiger partial charge in [0, 0.05) is 16.4 Å². The van der Waals surface area contributed by atoms with E-state index in [1.807, 2.05) is 25.1 Å². The number of hydrogen-bond donors (Lipinski definition) is 2. The highest BCUT2D eigenvalue weighted by Crippen LogP contribution is 2.32. The van der Waals surface area contributed by atoms with Crippen molar-refractivity contribution in [3.63, 3.8) is 0 Å². The molecule has 8 heteroatoms. The number of amides is 1. The van der Waals surface area contributed by atoms with Gasteiger partial charge >= 0.3 is 0 Å². The van der Waals surface area contributed by atoms with Crippen LogP contribution in [0.3, 0.4) is 0 Å². The largest absolute Gasteiger partial charge is 0.386 e. The molecule has 2 heterocycles. The van der Waals surface area contributed by atoms with Gasteiger partial charge in [-0.25, -0.2) is 4.98 Å². The molecule has 1 aliphatic rings. The van der Waals surface area contributed by atoms with Crippen LogP contribution in [0.1, 0.15) is 28.5 Å². The molecule has 1 aliphatic heterocycles. The van der Waals surface area contributed by atoms with Crippen LogP contribution < -0.4 is 11.1 Å². The minimum atomic E-state index is -0.627. The first-order chi connectivity index (χ1) is 12.4. The van der Waals surface area contributed by atoms with E-state index in [1.54, 1.807) is 12.1 Å². The third-order valence-corrected chi connectivity index (χ3v) is 4.38. The van der Waals surface area contributed by atoms with E-state index < -0.39 is 5.54 Å². The predicted octanol–water partition coefficient (Wildman–Crippen LogP) is 2.57. The fourth-order valence-corrected chi connectivity index (χ4v) is 3.14. The molecule has 0 fully saturated rings. The number of nitrogens with one attached hydrogen (secondary N) is 1. The molecule has 0 saturated heterocycles. The Labute approximate surface area is 159 Å². The maximum absolute atomic E-state index is 12.4. The molecule has 0 aliphatic carbocycles. The number of aromatic nitrogens is 1. The van der Waals surface area contributed by atoms with Gasteiger partial charge in [-0.15, -0.1) is 0 Å². The van der Waals surface area contributed by atoms with Gasteiger partial charge in [-0.1, -0.05) is 15.9 Å². The molecule has 1 amide bonds. The molecule has 1 unspecified atom stereocenters. The number of nitrogens with zero attached hydrogens (tertiary/aromatic N) is 3. The van der Waals surface area contributed by atoms with Gasteiger partial charge in [0.2, 0.25) is 0 Å². The molecular formula is C18H16BrN5O2. The normalized spacial score (nSPS) is 19.3. The lowest BCUT2D eigenvalue weighted by atomic mass is 9.92. The van der Waals surface area contributed by atoms with Crippen molar-refractivity contribution in [1.82, 2.24) is 4.98 Å². The van der Waals surface area contributed by atoms with Crippen LogP contribution in [-0.2, 0) is 10.3 Å². The molecule has 2 aromatic rings. The van der Waals surface area contributed by atoms with Crippen LogP contribution in [0.15, 0.2) is 46.0 Å². The van der Waals surface area contributed by atoms with Crippen LogP contribution >= 0.6 is 15.9 Å². The number of nitriles is 1. The number of rotatable bonds is 3. The van der Waals surface area contributed by atoms with Crippen molar-refractivity contribution in [2.24, 2.45) is 10.7 Å². The molecule has 26 heavy (non-hydrogen) atoms. The zero-order chi connectivity index (χ0) is 18.7. The molecule has 1 aromatic carbocycles. The molecule has 3 N–H and O–H groups in total. The smallest absolute Gasteiger partial charge is 0.274 e. The van der Waals surface area contributed by atoms with E-state index in [-0.39, 0.29) is 11.6 Å². The molecule has 1 aromatic heterocycles. The molecule has 0 spiro atoms. The van der Waals surface area contributed by atoms with E-state index in [1.165, 1.54) is 12.3 Å². The number of anilines is 1. The summed E-state index contributed by atoms with van der Waals surface area (Å²) in [6, 6.07) is 10.6. The number of carbonyl (C=O) groups is 1. The Morgan fingerprint density at radius 1 is 1.42 bits per heavy atom. The van der Waals surface area contributed by atoms with E-state index >= 15 is 0 Å². The van der Waals surface area contributed by atoms with E-state index in [2.05, 4.69) is 31.2 Å². The standard InChI is InChI=1S/C18H16BrN5O2/c1-18(10-26-9-16(21)24-18)12-4-13(19)6-14(5-12)23-17(25)15-3-2-11(7-20)8-22-15/h2-6,8H,9-10H2,1H3,(H2,21,24)(H,23,25). The fourth-order valence-electron chi connectivity index (χ4n) is 2.65. The van der Waals surface area contributed by atoms with Crippen molar-refractivity contribution >= 4 is 33.4 Å². The molecule has 0 saturated carbocycles. The van der Waals surface area contributed by atoms with Crippen LogP contribution in [0, 0.1) is 11.3 Å². The topological polar surface area (TPSA) is 113 Å². The number of halogens is 1. The fraction of sp³-hybridized carbons (Fsp3) is 0.222. The molecule has 1 atom stereocenters. The molecule has 7 nitrogen and oxygen atoms in total. The van der Waals surface area contributed by atoms with Gasteiger partial charge < -0.3 is 15.8 Å². The first-order valence-electron chi connectivity index (χ1n) is 7.80. The highest BCUT2D eigenvalue weighted by Gasteiger charge is 2.30. The highest BCUT2D eigenvalue weighted by atomic mass is 79.9. The van der Waals surface area contributed by atoms with E-state index in [4.69, 9.17) is 15.7 Å². The number of ether oxygens (including phenoxy) is 1. The van der Waals surface area contributed by atoms with Crippen LogP contribution in [0.4, 0.5) is 5.69 Å². The van der Waals surface area contributed by atoms with Crippen molar-refractivity contribution in [1.29, 1.82) is 5.26 Å². The van der Waals surface area contributed by atoms with Gasteiger partial charge in [-0.05, 0) is 42.8 Å². The summed E-state index contributed by atoms with van der Waals surface area (Å²) < 4.78 is 6.30. The third-order valence-electron chi connectivity index (χ3n) is 3.93. The summed E-state index contributed by atoms with van der Waals surface area (Å²) >= 11 is 3.46. The van der Waals surface area contributed by atoms with Crippen molar-refractivity contribution < 1.29 is 9.53 Å². The lowest BCUT2D eigenvalue weighted by Crippen LogP contribution is -2.37. The zero-order valence-electron chi connectivity index (χ0n) is 14.0. The molecular weight excluding hydrogens is 398 g/mol. The number of aliphatic imine (C=N–C) groups is 1. The first-order valence-corrected chi connectivity index (χ1v) is 8.59. The lowest BCUT2D eigenvalue weighted by molar-refractivity contribution is 0.102. The van der Waals surface area contributed by atoms with Gasteiger partial charge in [0.1, 0.15) is 29.7 Å². The summed E-state index contributed by atoms with van der Waals surface area (Å²) in [6.07, 6.45) is 1.36. The van der Waals surface area contributed by atoms with Crippen LogP contribution in [0.2, 0.25) is 0 Å². The molecule has 132 valence electrons. The number of benzene rings is 1. The number of nitrogens with two attached hydrogens (primary N) is 1. The maximum atomic E-state index is 12.4. The minimum Gasteiger partial charge on any atom is -0.386 e. The summed E-state index contributed by atoms with van der Waals surface area (Å²) in [5.41, 5.74) is 7.26. The van der Waals surface area contributed by atoms with Crippen molar-refractivity contribution in [2.75, 3.05) is 18.5 Å². The molecule has 0 bridgehead atoms. The molecule has 3 rings (SSSR count). The Hall–Kier alpha value is -2.76. The zero-order valence-corrected chi connectivity index (χ0v) is 15.6. The summed E-state index contributed by atoms with van der Waals surface area (Å²) in [5, 5.41) is 11.6. The van der Waals surface area contributed by atoms with E-state index in [0.29, 0.717) is 30.3 Å². The number of hydrogen-bond acceptors (Lipinski definition) is 6. The number of amidine groups is 1. The van der Waals surface area contributed by atoms with E-state index in [0.717, 1.165) is 10.0 Å². The first kappa shape index (κ1) is 18.0. The van der Waals surface area contributed by atoms with Gasteiger partial charge in [-0.2, -0.15) is 5.26 Å². The Kier molecular flexibility index (Phi) is 5.02. The average molecular weight is 414 g/mol. The van der Waals surface area contributed by atoms with Gasteiger partial charge in [0.05, 0.1) is 12.2 Å². The monoisotopic (exact) mass is 413 g/mol. The third kappa shape index (κ3) is 3.90. The Bertz CT molecular complexity index is 920. The SMILES string of the molecule is CC1(c2cc(Br)cc(NC(=O)c3ccc(C#N)cn3)c2)COCC(N)=N1. The average Bonchev–Trinajstić information content (AvgIpc) is 2.61. The second-order valence-corrected chi connectivity index (χ2v) is 7.01. The summed E-state index contributed by atoms with van der Waals surface area (Å²) in [6.45, 7) is 2.64.